The van der Waals surface area contributed by atoms with Crippen molar-refractivity contribution in [2.45, 2.75) is 27.7 Å². The summed E-state index contributed by atoms with van der Waals surface area (Å²) >= 11 is 0. The largest absolute Gasteiger partial charge is 0.382 e. The van der Waals surface area contributed by atoms with Gasteiger partial charge in [-0.05, 0) is 74.2 Å². The maximum Gasteiger partial charge on any atom is 0.323 e. The predicted molar refractivity (Wildman–Crippen MR) is 115 cm³/mol. The average molecular weight is 457 g/mol. The summed E-state index contributed by atoms with van der Waals surface area (Å²) in [5, 5.41) is 5.34. The van der Waals surface area contributed by atoms with Crippen molar-refractivity contribution in [2.75, 3.05) is 23.1 Å². The lowest BCUT2D eigenvalue weighted by atomic mass is 10.1. The first kappa shape index (κ1) is 23.5. The van der Waals surface area contributed by atoms with Crippen molar-refractivity contribution in [3.05, 3.63) is 46.5 Å². The molecule has 0 unspecified atom stereocenters. The SMILES string of the molecule is Cc1cc(NC(=O)Nc2cc(C)c(OS(C)(=O)=O)c(C)c2)cc(C)c1OS(C)(=O)=O. The van der Waals surface area contributed by atoms with E-state index in [1.807, 2.05) is 0 Å². The van der Waals surface area contributed by atoms with Crippen LogP contribution in [-0.2, 0) is 20.2 Å². The molecular weight excluding hydrogens is 432 g/mol. The topological polar surface area (TPSA) is 128 Å². The second kappa shape index (κ2) is 8.52. The Labute approximate surface area is 176 Å². The Balaban J connectivity index is 2.18. The van der Waals surface area contributed by atoms with E-state index in [0.717, 1.165) is 12.5 Å². The number of carbonyl (C=O) groups is 1. The van der Waals surface area contributed by atoms with Crippen molar-refractivity contribution < 1.29 is 30.0 Å². The molecule has 0 bridgehead atoms. The Morgan fingerprint density at radius 2 is 0.933 bits per heavy atom. The molecule has 2 rings (SSSR count). The number of amides is 2. The first-order valence-corrected chi connectivity index (χ1v) is 12.4. The van der Waals surface area contributed by atoms with Crippen LogP contribution >= 0.6 is 0 Å². The highest BCUT2D eigenvalue weighted by molar-refractivity contribution is 7.86. The van der Waals surface area contributed by atoms with Crippen molar-refractivity contribution in [2.24, 2.45) is 0 Å². The Morgan fingerprint density at radius 1 is 0.667 bits per heavy atom. The normalized spacial score (nSPS) is 11.7. The van der Waals surface area contributed by atoms with Crippen LogP contribution in [0.25, 0.3) is 0 Å². The first-order valence-electron chi connectivity index (χ1n) is 8.74. The molecule has 0 aliphatic carbocycles. The number of benzene rings is 2. The monoisotopic (exact) mass is 456 g/mol. The van der Waals surface area contributed by atoms with Crippen molar-refractivity contribution in [1.82, 2.24) is 0 Å². The van der Waals surface area contributed by atoms with Gasteiger partial charge in [-0.1, -0.05) is 0 Å². The molecule has 0 atom stereocenters. The predicted octanol–water partition coefficient (Wildman–Crippen LogP) is 3.24. The molecule has 0 aliphatic heterocycles. The van der Waals surface area contributed by atoms with Crippen molar-refractivity contribution in [3.8, 4) is 11.5 Å². The Hall–Kier alpha value is -2.79. The zero-order chi connectivity index (χ0) is 22.9. The molecule has 11 heteroatoms. The number of rotatable bonds is 6. The Morgan fingerprint density at radius 3 is 1.17 bits per heavy atom. The van der Waals surface area contributed by atoms with Crippen LogP contribution in [-0.4, -0.2) is 35.4 Å². The van der Waals surface area contributed by atoms with Crippen LogP contribution in [0.2, 0.25) is 0 Å². The summed E-state index contributed by atoms with van der Waals surface area (Å²) < 4.78 is 55.5. The zero-order valence-corrected chi connectivity index (χ0v) is 19.1. The third-order valence-corrected chi connectivity index (χ3v) is 4.84. The van der Waals surface area contributed by atoms with E-state index in [9.17, 15) is 21.6 Å². The third kappa shape index (κ3) is 6.63. The van der Waals surface area contributed by atoms with E-state index in [1.54, 1.807) is 52.0 Å². The average Bonchev–Trinajstić information content (AvgIpc) is 2.52. The lowest BCUT2D eigenvalue weighted by molar-refractivity contribution is 0.262. The molecule has 9 nitrogen and oxygen atoms in total. The van der Waals surface area contributed by atoms with E-state index in [2.05, 4.69) is 10.6 Å². The number of aryl methyl sites for hydroxylation is 4. The molecule has 0 aliphatic rings. The minimum atomic E-state index is -3.67. The molecule has 2 amide bonds. The van der Waals surface area contributed by atoms with E-state index >= 15 is 0 Å². The van der Waals surface area contributed by atoms with Gasteiger partial charge in [-0.3, -0.25) is 0 Å². The molecular formula is C19H24N2O7S2. The van der Waals surface area contributed by atoms with E-state index in [1.165, 1.54) is 0 Å². The second-order valence-corrected chi connectivity index (χ2v) is 10.2. The Kier molecular flexibility index (Phi) is 6.67. The molecule has 30 heavy (non-hydrogen) atoms. The number of hydrogen-bond acceptors (Lipinski definition) is 7. The van der Waals surface area contributed by atoms with Crippen LogP contribution in [0.4, 0.5) is 16.2 Å². The molecule has 2 aromatic rings. The molecule has 0 aromatic heterocycles. The van der Waals surface area contributed by atoms with Crippen LogP contribution in [0.1, 0.15) is 22.3 Å². The van der Waals surface area contributed by atoms with Gasteiger partial charge in [-0.25, -0.2) is 4.79 Å². The van der Waals surface area contributed by atoms with E-state index in [-0.39, 0.29) is 11.5 Å². The maximum absolute atomic E-state index is 12.4. The molecule has 0 saturated carbocycles. The first-order chi connectivity index (χ1) is 13.6. The summed E-state index contributed by atoms with van der Waals surface area (Å²) in [6.45, 7) is 6.68. The van der Waals surface area contributed by atoms with Gasteiger partial charge in [0.2, 0.25) is 0 Å². The van der Waals surface area contributed by atoms with Crippen LogP contribution in [0.5, 0.6) is 11.5 Å². The van der Waals surface area contributed by atoms with Gasteiger partial charge < -0.3 is 19.0 Å². The third-order valence-electron chi connectivity index (χ3n) is 3.91. The molecule has 0 saturated heterocycles. The summed E-state index contributed by atoms with van der Waals surface area (Å²) in [5.74, 6) is 0.437. The number of anilines is 2. The fraction of sp³-hybridized carbons (Fsp3) is 0.316. The van der Waals surface area contributed by atoms with Gasteiger partial charge in [0.05, 0.1) is 12.5 Å². The smallest absolute Gasteiger partial charge is 0.323 e. The highest BCUT2D eigenvalue weighted by Crippen LogP contribution is 2.30. The highest BCUT2D eigenvalue weighted by atomic mass is 32.2. The maximum atomic E-state index is 12.4. The quantitative estimate of drug-likeness (QED) is 0.639. The summed E-state index contributed by atoms with van der Waals surface area (Å²) in [7, 11) is -7.34. The number of hydrogen-bond donors (Lipinski definition) is 2. The molecule has 0 radical (unpaired) electrons. The van der Waals surface area contributed by atoms with Crippen LogP contribution in [0.3, 0.4) is 0 Å². The minimum absolute atomic E-state index is 0.219. The number of carbonyl (C=O) groups excluding carboxylic acids is 1. The lowest BCUT2D eigenvalue weighted by Gasteiger charge is -2.15. The van der Waals surface area contributed by atoms with Gasteiger partial charge >= 0.3 is 26.3 Å². The standard InChI is InChI=1S/C19H24N2O7S2/c1-11-7-15(8-12(2)17(11)27-29(5,23)24)20-19(22)21-16-9-13(3)18(14(4)10-16)28-30(6,25)26/h7-10H,1-6H3,(H2,20,21,22). The van der Waals surface area contributed by atoms with Crippen molar-refractivity contribution >= 4 is 37.6 Å². The molecule has 164 valence electrons. The highest BCUT2D eigenvalue weighted by Gasteiger charge is 2.15. The van der Waals surface area contributed by atoms with E-state index < -0.39 is 26.3 Å². The van der Waals surface area contributed by atoms with Crippen LogP contribution in [0, 0.1) is 27.7 Å². The zero-order valence-electron chi connectivity index (χ0n) is 17.5. The second-order valence-electron chi connectivity index (χ2n) is 7.03. The molecule has 0 fully saturated rings. The molecule has 2 aromatic carbocycles. The summed E-state index contributed by atoms with van der Waals surface area (Å²) in [5.41, 5.74) is 3.09. The summed E-state index contributed by atoms with van der Waals surface area (Å²) in [4.78, 5) is 12.4. The lowest BCUT2D eigenvalue weighted by Crippen LogP contribution is -2.20. The van der Waals surface area contributed by atoms with Gasteiger partial charge in [0.25, 0.3) is 0 Å². The fourth-order valence-corrected chi connectivity index (χ4v) is 4.04. The number of urea groups is 1. The molecule has 2 N–H and O–H groups in total. The number of nitrogens with one attached hydrogen (secondary N) is 2. The summed E-state index contributed by atoms with van der Waals surface area (Å²) in [6, 6.07) is 5.83. The van der Waals surface area contributed by atoms with Gasteiger partial charge in [0.1, 0.15) is 11.5 Å². The Bertz CT molecular complexity index is 1060. The van der Waals surface area contributed by atoms with Crippen LogP contribution < -0.4 is 19.0 Å². The summed E-state index contributed by atoms with van der Waals surface area (Å²) in [6.07, 6.45) is 1.92. The van der Waals surface area contributed by atoms with Crippen molar-refractivity contribution in [1.29, 1.82) is 0 Å². The van der Waals surface area contributed by atoms with E-state index in [0.29, 0.717) is 33.6 Å². The van der Waals surface area contributed by atoms with Gasteiger partial charge in [-0.15, -0.1) is 0 Å². The molecule has 0 spiro atoms. The minimum Gasteiger partial charge on any atom is -0.382 e. The fourth-order valence-electron chi connectivity index (χ4n) is 2.90. The van der Waals surface area contributed by atoms with Crippen molar-refractivity contribution in [3.63, 3.8) is 0 Å². The van der Waals surface area contributed by atoms with Gasteiger partial charge in [0.15, 0.2) is 0 Å². The van der Waals surface area contributed by atoms with Gasteiger partial charge in [-0.2, -0.15) is 16.8 Å². The molecule has 0 heterocycles. The van der Waals surface area contributed by atoms with Crippen LogP contribution in [0.15, 0.2) is 24.3 Å². The van der Waals surface area contributed by atoms with E-state index in [4.69, 9.17) is 8.37 Å². The van der Waals surface area contributed by atoms with Gasteiger partial charge in [0, 0.05) is 11.4 Å².